The second-order valence-corrected chi connectivity index (χ2v) is 7.68. The van der Waals surface area contributed by atoms with Crippen LogP contribution in [0.4, 0.5) is 5.69 Å². The van der Waals surface area contributed by atoms with Gasteiger partial charge in [0.15, 0.2) is 0 Å². The minimum absolute atomic E-state index is 0.190. The maximum absolute atomic E-state index is 12.9. The molecule has 0 unspecified atom stereocenters. The van der Waals surface area contributed by atoms with E-state index in [1.54, 1.807) is 27.7 Å². The Morgan fingerprint density at radius 2 is 1.82 bits per heavy atom. The highest BCUT2D eigenvalue weighted by atomic mass is 32.1. The lowest BCUT2D eigenvalue weighted by Gasteiger charge is -2.07. The van der Waals surface area contributed by atoms with Crippen molar-refractivity contribution in [3.8, 4) is 5.69 Å². The van der Waals surface area contributed by atoms with Crippen molar-refractivity contribution >= 4 is 33.1 Å². The molecule has 0 fully saturated rings. The number of hydrogen-bond donors (Lipinski definition) is 1. The predicted octanol–water partition coefficient (Wildman–Crippen LogP) is 3.67. The van der Waals surface area contributed by atoms with Gasteiger partial charge in [-0.15, -0.1) is 11.3 Å². The Morgan fingerprint density at radius 3 is 2.57 bits per heavy atom. The van der Waals surface area contributed by atoms with Crippen molar-refractivity contribution in [1.29, 1.82) is 0 Å². The Labute approximate surface area is 166 Å². The zero-order valence-electron chi connectivity index (χ0n) is 15.7. The van der Waals surface area contributed by atoms with E-state index in [1.165, 1.54) is 0 Å². The molecule has 0 radical (unpaired) electrons. The van der Waals surface area contributed by atoms with Gasteiger partial charge in [-0.2, -0.15) is 0 Å². The Morgan fingerprint density at radius 1 is 1.11 bits per heavy atom. The van der Waals surface area contributed by atoms with Crippen LogP contribution in [0.2, 0.25) is 0 Å². The van der Waals surface area contributed by atoms with Crippen molar-refractivity contribution < 1.29 is 4.79 Å². The number of carbonyl (C=O) groups excluding carboxylic acids is 1. The van der Waals surface area contributed by atoms with Gasteiger partial charge in [-0.25, -0.2) is 9.67 Å². The topological polar surface area (TPSA) is 68.9 Å². The van der Waals surface area contributed by atoms with Crippen molar-refractivity contribution in [2.75, 3.05) is 5.32 Å². The number of nitrogens with one attached hydrogen (secondary N) is 1. The van der Waals surface area contributed by atoms with Crippen molar-refractivity contribution in [3.63, 3.8) is 0 Å². The fraction of sp³-hybridized carbons (Fsp3) is 0.190. The predicted molar refractivity (Wildman–Crippen MR) is 112 cm³/mol. The number of amides is 1. The molecule has 2 aromatic heterocycles. The van der Waals surface area contributed by atoms with E-state index < -0.39 is 0 Å². The molecular formula is C21H20N4O2S. The lowest BCUT2D eigenvalue weighted by molar-refractivity contribution is -0.116. The smallest absolute Gasteiger partial charge is 0.295 e. The molecule has 6 nitrogen and oxygen atoms in total. The van der Waals surface area contributed by atoms with E-state index in [-0.39, 0.29) is 17.9 Å². The average Bonchev–Trinajstić information content (AvgIpc) is 3.21. The van der Waals surface area contributed by atoms with E-state index in [1.807, 2.05) is 61.5 Å². The Bertz CT molecular complexity index is 1170. The third kappa shape index (κ3) is 3.36. The molecule has 1 N–H and O–H groups in total. The van der Waals surface area contributed by atoms with Gasteiger partial charge in [-0.3, -0.25) is 14.3 Å². The second kappa shape index (κ2) is 7.44. The van der Waals surface area contributed by atoms with Crippen molar-refractivity contribution in [2.24, 2.45) is 7.05 Å². The number of thiazole rings is 1. The summed E-state index contributed by atoms with van der Waals surface area (Å²) in [6.45, 7) is 1.82. The van der Waals surface area contributed by atoms with Crippen LogP contribution in [0, 0.1) is 6.92 Å². The molecule has 0 saturated carbocycles. The van der Waals surface area contributed by atoms with E-state index in [2.05, 4.69) is 10.3 Å². The van der Waals surface area contributed by atoms with Gasteiger partial charge in [0.25, 0.3) is 5.56 Å². The van der Waals surface area contributed by atoms with Gasteiger partial charge in [0.1, 0.15) is 5.69 Å². The summed E-state index contributed by atoms with van der Waals surface area (Å²) in [6, 6.07) is 17.3. The lowest BCUT2D eigenvalue weighted by Crippen LogP contribution is -2.23. The van der Waals surface area contributed by atoms with Gasteiger partial charge < -0.3 is 5.32 Å². The molecule has 0 aliphatic rings. The number of fused-ring (bicyclic) bond motifs is 1. The number of nitrogens with zero attached hydrogens (tertiary/aromatic N) is 3. The van der Waals surface area contributed by atoms with E-state index in [9.17, 15) is 9.59 Å². The maximum atomic E-state index is 12.9. The summed E-state index contributed by atoms with van der Waals surface area (Å²) in [5.74, 6) is -0.190. The highest BCUT2D eigenvalue weighted by Gasteiger charge is 2.18. The third-order valence-corrected chi connectivity index (χ3v) is 5.82. The van der Waals surface area contributed by atoms with Gasteiger partial charge >= 0.3 is 0 Å². The van der Waals surface area contributed by atoms with Crippen LogP contribution in [0.5, 0.6) is 0 Å². The fourth-order valence-electron chi connectivity index (χ4n) is 3.16. The largest absolute Gasteiger partial charge is 0.320 e. The molecule has 28 heavy (non-hydrogen) atoms. The summed E-state index contributed by atoms with van der Waals surface area (Å²) in [7, 11) is 1.81. The molecule has 2 aromatic carbocycles. The van der Waals surface area contributed by atoms with Gasteiger partial charge in [0, 0.05) is 19.9 Å². The summed E-state index contributed by atoms with van der Waals surface area (Å²) in [6.07, 6.45) is 0.822. The minimum atomic E-state index is -0.237. The van der Waals surface area contributed by atoms with Crippen LogP contribution in [-0.4, -0.2) is 20.3 Å². The zero-order chi connectivity index (χ0) is 19.7. The highest BCUT2D eigenvalue weighted by molar-refractivity contribution is 7.18. The second-order valence-electron chi connectivity index (χ2n) is 6.56. The van der Waals surface area contributed by atoms with Crippen molar-refractivity contribution in [2.45, 2.75) is 19.8 Å². The molecule has 0 bridgehead atoms. The number of aryl methyl sites for hydroxylation is 1. The number of anilines is 1. The molecule has 7 heteroatoms. The first-order chi connectivity index (χ1) is 13.5. The van der Waals surface area contributed by atoms with E-state index in [0.717, 1.165) is 20.9 Å². The highest BCUT2D eigenvalue weighted by Crippen LogP contribution is 2.22. The van der Waals surface area contributed by atoms with Crippen molar-refractivity contribution in [3.05, 3.63) is 75.7 Å². The number of rotatable bonds is 5. The summed E-state index contributed by atoms with van der Waals surface area (Å²) in [5.41, 5.74) is 2.50. The number of para-hydroxylation sites is 2. The van der Waals surface area contributed by atoms with Crippen LogP contribution in [0.1, 0.15) is 17.1 Å². The summed E-state index contributed by atoms with van der Waals surface area (Å²) in [4.78, 5) is 29.9. The normalized spacial score (nSPS) is 11.1. The first kappa shape index (κ1) is 18.2. The number of aromatic nitrogens is 3. The standard InChI is InChI=1S/C21H20N4O2S/c1-14-20(21(27)25(24(14)2)15-8-4-3-5-9-15)23-18(26)12-13-19-22-16-10-6-7-11-17(16)28-19/h3-11H,12-13H2,1-2H3,(H,23,26). The van der Waals surface area contributed by atoms with Gasteiger partial charge in [0.2, 0.25) is 5.91 Å². The van der Waals surface area contributed by atoms with Gasteiger partial charge in [0.05, 0.1) is 26.6 Å². The molecule has 4 rings (SSSR count). The van der Waals surface area contributed by atoms with Crippen LogP contribution in [0.15, 0.2) is 59.4 Å². The van der Waals surface area contributed by atoms with Crippen LogP contribution in [-0.2, 0) is 18.3 Å². The molecule has 1 amide bonds. The van der Waals surface area contributed by atoms with Gasteiger partial charge in [-0.1, -0.05) is 30.3 Å². The SMILES string of the molecule is Cc1c(NC(=O)CCc2nc3ccccc3s2)c(=O)n(-c2ccccc2)n1C. The Hall–Kier alpha value is -3.19. The number of benzene rings is 2. The van der Waals surface area contributed by atoms with Crippen LogP contribution in [0.25, 0.3) is 15.9 Å². The first-order valence-corrected chi connectivity index (χ1v) is 9.84. The van der Waals surface area contributed by atoms with Crippen molar-refractivity contribution in [1.82, 2.24) is 14.3 Å². The number of carbonyl (C=O) groups is 1. The Kier molecular flexibility index (Phi) is 4.83. The molecule has 0 aliphatic carbocycles. The summed E-state index contributed by atoms with van der Waals surface area (Å²) < 4.78 is 4.42. The van der Waals surface area contributed by atoms with Crippen LogP contribution >= 0.6 is 11.3 Å². The van der Waals surface area contributed by atoms with E-state index >= 15 is 0 Å². The van der Waals surface area contributed by atoms with E-state index in [0.29, 0.717) is 17.8 Å². The molecule has 4 aromatic rings. The van der Waals surface area contributed by atoms with Crippen LogP contribution in [0.3, 0.4) is 0 Å². The molecule has 2 heterocycles. The zero-order valence-corrected chi connectivity index (χ0v) is 16.5. The van der Waals surface area contributed by atoms with Crippen LogP contribution < -0.4 is 10.9 Å². The van der Waals surface area contributed by atoms with Gasteiger partial charge in [-0.05, 0) is 31.2 Å². The fourth-order valence-corrected chi connectivity index (χ4v) is 4.13. The maximum Gasteiger partial charge on any atom is 0.295 e. The first-order valence-electron chi connectivity index (χ1n) is 9.03. The minimum Gasteiger partial charge on any atom is -0.320 e. The van der Waals surface area contributed by atoms with E-state index in [4.69, 9.17) is 0 Å². The average molecular weight is 392 g/mol. The molecule has 0 saturated heterocycles. The monoisotopic (exact) mass is 392 g/mol. The Balaban J connectivity index is 1.51. The third-order valence-electron chi connectivity index (χ3n) is 4.72. The molecule has 142 valence electrons. The molecule has 0 aliphatic heterocycles. The quantitative estimate of drug-likeness (QED) is 0.563. The summed E-state index contributed by atoms with van der Waals surface area (Å²) in [5, 5.41) is 3.72. The molecular weight excluding hydrogens is 372 g/mol. The molecule has 0 spiro atoms. The number of hydrogen-bond acceptors (Lipinski definition) is 4. The molecule has 0 atom stereocenters. The summed E-state index contributed by atoms with van der Waals surface area (Å²) >= 11 is 1.59. The lowest BCUT2D eigenvalue weighted by atomic mass is 10.3.